The molecule has 0 N–H and O–H groups in total. The molecule has 92 valence electrons. The van der Waals surface area contributed by atoms with Crippen molar-refractivity contribution in [3.8, 4) is 5.75 Å². The van der Waals surface area contributed by atoms with Crippen LogP contribution in [0.25, 0.3) is 0 Å². The van der Waals surface area contributed by atoms with Crippen molar-refractivity contribution >= 4 is 5.97 Å². The number of ether oxygens (including phenoxy) is 2. The molecule has 0 saturated carbocycles. The molecular weight excluding hydrogens is 216 g/mol. The Morgan fingerprint density at radius 1 is 1.41 bits per heavy atom. The van der Waals surface area contributed by atoms with Crippen LogP contribution >= 0.6 is 0 Å². The van der Waals surface area contributed by atoms with E-state index in [1.165, 1.54) is 6.08 Å². The summed E-state index contributed by atoms with van der Waals surface area (Å²) in [6.45, 7) is 4.20. The highest BCUT2D eigenvalue weighted by molar-refractivity contribution is 5.81. The van der Waals surface area contributed by atoms with Crippen molar-refractivity contribution in [1.29, 1.82) is 0 Å². The quantitative estimate of drug-likeness (QED) is 0.580. The summed E-state index contributed by atoms with van der Waals surface area (Å²) in [7, 11) is 1.65. The van der Waals surface area contributed by atoms with E-state index in [4.69, 9.17) is 9.47 Å². The molecule has 1 rings (SSSR count). The maximum absolute atomic E-state index is 11.1. The van der Waals surface area contributed by atoms with Crippen molar-refractivity contribution in [2.75, 3.05) is 13.7 Å². The average molecular weight is 234 g/mol. The number of rotatable bonds is 5. The number of esters is 1. The van der Waals surface area contributed by atoms with Crippen LogP contribution in [-0.2, 0) is 16.0 Å². The average Bonchev–Trinajstić information content (AvgIpc) is 2.32. The van der Waals surface area contributed by atoms with Crippen LogP contribution in [-0.4, -0.2) is 19.7 Å². The second-order valence-corrected chi connectivity index (χ2v) is 3.60. The minimum Gasteiger partial charge on any atom is -0.496 e. The van der Waals surface area contributed by atoms with Gasteiger partial charge in [0, 0.05) is 6.08 Å². The Hall–Kier alpha value is -1.77. The molecular formula is C14H18O3. The zero-order valence-corrected chi connectivity index (χ0v) is 10.5. The van der Waals surface area contributed by atoms with Gasteiger partial charge in [-0.2, -0.15) is 0 Å². The molecule has 17 heavy (non-hydrogen) atoms. The van der Waals surface area contributed by atoms with E-state index < -0.39 is 0 Å². The number of hydrogen-bond donors (Lipinski definition) is 0. The van der Waals surface area contributed by atoms with Gasteiger partial charge in [-0.05, 0) is 37.5 Å². The third-order valence-electron chi connectivity index (χ3n) is 2.49. The van der Waals surface area contributed by atoms with Crippen molar-refractivity contribution in [2.45, 2.75) is 20.3 Å². The van der Waals surface area contributed by atoms with E-state index in [1.54, 1.807) is 20.1 Å². The summed E-state index contributed by atoms with van der Waals surface area (Å²) in [5.74, 6) is 0.570. The smallest absolute Gasteiger partial charge is 0.330 e. The molecule has 1 aromatic rings. The summed E-state index contributed by atoms with van der Waals surface area (Å²) in [5.41, 5.74) is 2.24. The van der Waals surface area contributed by atoms with Gasteiger partial charge in [-0.3, -0.25) is 0 Å². The van der Waals surface area contributed by atoms with Crippen LogP contribution in [0.15, 0.2) is 30.4 Å². The Morgan fingerprint density at radius 2 is 2.18 bits per heavy atom. The first-order chi connectivity index (χ1) is 8.19. The lowest BCUT2D eigenvalue weighted by molar-refractivity contribution is -0.137. The molecule has 3 heteroatoms. The van der Waals surface area contributed by atoms with E-state index in [9.17, 15) is 4.79 Å². The number of carbonyl (C=O) groups is 1. The largest absolute Gasteiger partial charge is 0.496 e. The normalized spacial score (nSPS) is 10.5. The molecule has 0 bridgehead atoms. The van der Waals surface area contributed by atoms with Crippen LogP contribution in [0.2, 0.25) is 0 Å². The summed E-state index contributed by atoms with van der Waals surface area (Å²) in [6.07, 6.45) is 3.96. The zero-order chi connectivity index (χ0) is 12.7. The van der Waals surface area contributed by atoms with Crippen molar-refractivity contribution in [1.82, 2.24) is 0 Å². The second kappa shape index (κ2) is 6.74. The molecule has 0 radical (unpaired) electrons. The summed E-state index contributed by atoms with van der Waals surface area (Å²) in [6, 6.07) is 5.89. The van der Waals surface area contributed by atoms with Crippen molar-refractivity contribution in [3.05, 3.63) is 41.5 Å². The third-order valence-corrected chi connectivity index (χ3v) is 2.49. The molecule has 0 amide bonds. The number of allylic oxidation sites excluding steroid dienone is 1. The maximum Gasteiger partial charge on any atom is 0.330 e. The van der Waals surface area contributed by atoms with Gasteiger partial charge in [0.2, 0.25) is 0 Å². The van der Waals surface area contributed by atoms with E-state index in [2.05, 4.69) is 0 Å². The number of methoxy groups -OCH3 is 1. The SMILES string of the molecule is CCOC(=O)/C=C/Cc1cccc(OC)c1C. The zero-order valence-electron chi connectivity index (χ0n) is 10.5. The van der Waals surface area contributed by atoms with Gasteiger partial charge in [-0.25, -0.2) is 4.79 Å². The molecule has 0 aliphatic rings. The fourth-order valence-electron chi connectivity index (χ4n) is 1.57. The van der Waals surface area contributed by atoms with E-state index in [0.29, 0.717) is 13.0 Å². The fourth-order valence-corrected chi connectivity index (χ4v) is 1.57. The molecule has 0 fully saturated rings. The Labute approximate surface area is 102 Å². The highest BCUT2D eigenvalue weighted by atomic mass is 16.5. The van der Waals surface area contributed by atoms with Gasteiger partial charge in [-0.15, -0.1) is 0 Å². The van der Waals surface area contributed by atoms with Crippen LogP contribution in [0.5, 0.6) is 5.75 Å². The first kappa shape index (κ1) is 13.3. The third kappa shape index (κ3) is 3.94. The molecule has 0 aliphatic heterocycles. The standard InChI is InChI=1S/C14H18O3/c1-4-17-14(15)10-6-8-12-7-5-9-13(16-3)11(12)2/h5-7,9-10H,4,8H2,1-3H3/b10-6+. The summed E-state index contributed by atoms with van der Waals surface area (Å²) in [4.78, 5) is 11.1. The van der Waals surface area contributed by atoms with Gasteiger partial charge in [0.25, 0.3) is 0 Å². The van der Waals surface area contributed by atoms with Gasteiger partial charge in [0.1, 0.15) is 5.75 Å². The van der Waals surface area contributed by atoms with Gasteiger partial charge in [0.15, 0.2) is 0 Å². The Kier molecular flexibility index (Phi) is 5.27. The molecule has 0 atom stereocenters. The Bertz CT molecular complexity index is 408. The van der Waals surface area contributed by atoms with Crippen LogP contribution < -0.4 is 4.74 Å². The van der Waals surface area contributed by atoms with Gasteiger partial charge < -0.3 is 9.47 Å². The predicted octanol–water partition coefficient (Wildman–Crippen LogP) is 2.67. The lowest BCUT2D eigenvalue weighted by atomic mass is 10.0. The number of hydrogen-bond acceptors (Lipinski definition) is 3. The molecule has 0 spiro atoms. The molecule has 0 heterocycles. The van der Waals surface area contributed by atoms with Gasteiger partial charge >= 0.3 is 5.97 Å². The lowest BCUT2D eigenvalue weighted by Crippen LogP contribution is -1.99. The lowest BCUT2D eigenvalue weighted by Gasteiger charge is -2.08. The number of benzene rings is 1. The fraction of sp³-hybridized carbons (Fsp3) is 0.357. The van der Waals surface area contributed by atoms with E-state index in [1.807, 2.05) is 25.1 Å². The van der Waals surface area contributed by atoms with E-state index >= 15 is 0 Å². The predicted molar refractivity (Wildman–Crippen MR) is 67.2 cm³/mol. The van der Waals surface area contributed by atoms with Crippen LogP contribution in [0.3, 0.4) is 0 Å². The molecule has 3 nitrogen and oxygen atoms in total. The van der Waals surface area contributed by atoms with Crippen molar-refractivity contribution < 1.29 is 14.3 Å². The molecule has 0 saturated heterocycles. The monoisotopic (exact) mass is 234 g/mol. The van der Waals surface area contributed by atoms with Crippen molar-refractivity contribution in [3.63, 3.8) is 0 Å². The van der Waals surface area contributed by atoms with Gasteiger partial charge in [-0.1, -0.05) is 18.2 Å². The second-order valence-electron chi connectivity index (χ2n) is 3.60. The van der Waals surface area contributed by atoms with Crippen molar-refractivity contribution in [2.24, 2.45) is 0 Å². The molecule has 0 unspecified atom stereocenters. The Morgan fingerprint density at radius 3 is 2.82 bits per heavy atom. The van der Waals surface area contributed by atoms with Gasteiger partial charge in [0.05, 0.1) is 13.7 Å². The van der Waals surface area contributed by atoms with Crippen LogP contribution in [0.1, 0.15) is 18.1 Å². The summed E-state index contributed by atoms with van der Waals surface area (Å²) >= 11 is 0. The van der Waals surface area contributed by atoms with Crippen LogP contribution in [0.4, 0.5) is 0 Å². The van der Waals surface area contributed by atoms with E-state index in [0.717, 1.165) is 16.9 Å². The Balaban J connectivity index is 2.66. The molecule has 0 aromatic heterocycles. The van der Waals surface area contributed by atoms with E-state index in [-0.39, 0.29) is 5.97 Å². The summed E-state index contributed by atoms with van der Waals surface area (Å²) < 4.78 is 10.0. The van der Waals surface area contributed by atoms with Crippen LogP contribution in [0, 0.1) is 6.92 Å². The minimum absolute atomic E-state index is 0.298. The molecule has 0 aliphatic carbocycles. The topological polar surface area (TPSA) is 35.5 Å². The number of carbonyl (C=O) groups excluding carboxylic acids is 1. The first-order valence-electron chi connectivity index (χ1n) is 5.64. The highest BCUT2D eigenvalue weighted by Gasteiger charge is 2.02. The molecule has 1 aromatic carbocycles. The summed E-state index contributed by atoms with van der Waals surface area (Å²) in [5, 5.41) is 0. The minimum atomic E-state index is -0.298. The first-order valence-corrected chi connectivity index (χ1v) is 5.64. The highest BCUT2D eigenvalue weighted by Crippen LogP contribution is 2.21. The maximum atomic E-state index is 11.1.